The van der Waals surface area contributed by atoms with Gasteiger partial charge in [0.2, 0.25) is 5.91 Å². The highest BCUT2D eigenvalue weighted by atomic mass is 16.2. The van der Waals surface area contributed by atoms with Crippen molar-refractivity contribution in [2.75, 3.05) is 4.90 Å². The number of carbonyl (C=O) groups is 1. The Morgan fingerprint density at radius 2 is 1.22 bits per heavy atom. The first-order valence-electron chi connectivity index (χ1n) is 13.0. The van der Waals surface area contributed by atoms with Gasteiger partial charge in [0, 0.05) is 6.42 Å². The quantitative estimate of drug-likeness (QED) is 0.469. The predicted molar refractivity (Wildman–Crippen MR) is 137 cm³/mol. The van der Waals surface area contributed by atoms with E-state index in [0.717, 1.165) is 11.3 Å². The molecule has 2 aromatic carbocycles. The SMILES string of the molecule is O=C(CC1CCCCCCCCCCCC1)N1Cc2ccccc2/C=C\c2ccccc21. The largest absolute Gasteiger partial charge is 0.307 e. The molecule has 0 radical (unpaired) electrons. The lowest BCUT2D eigenvalue weighted by molar-refractivity contribution is -0.119. The zero-order valence-corrected chi connectivity index (χ0v) is 19.6. The Hall–Kier alpha value is -2.35. The van der Waals surface area contributed by atoms with E-state index in [1.807, 2.05) is 0 Å². The normalized spacial score (nSPS) is 19.8. The summed E-state index contributed by atoms with van der Waals surface area (Å²) in [5.41, 5.74) is 4.61. The Balaban J connectivity index is 1.50. The van der Waals surface area contributed by atoms with E-state index in [4.69, 9.17) is 0 Å². The zero-order chi connectivity index (χ0) is 22.0. The van der Waals surface area contributed by atoms with Crippen LogP contribution in [0.25, 0.3) is 12.2 Å². The van der Waals surface area contributed by atoms with E-state index in [0.29, 0.717) is 18.9 Å². The van der Waals surface area contributed by atoms with Crippen LogP contribution in [0.5, 0.6) is 0 Å². The monoisotopic (exact) mass is 429 g/mol. The summed E-state index contributed by atoms with van der Waals surface area (Å²) in [5, 5.41) is 0. The van der Waals surface area contributed by atoms with Crippen LogP contribution in [0.2, 0.25) is 0 Å². The van der Waals surface area contributed by atoms with Gasteiger partial charge in [-0.15, -0.1) is 0 Å². The highest BCUT2D eigenvalue weighted by Crippen LogP contribution is 2.31. The Morgan fingerprint density at radius 1 is 0.688 bits per heavy atom. The minimum Gasteiger partial charge on any atom is -0.307 e. The van der Waals surface area contributed by atoms with Gasteiger partial charge in [-0.3, -0.25) is 4.79 Å². The number of benzene rings is 2. The summed E-state index contributed by atoms with van der Waals surface area (Å²) in [6.07, 6.45) is 21.0. The fourth-order valence-electron chi connectivity index (χ4n) is 5.36. The summed E-state index contributed by atoms with van der Waals surface area (Å²) < 4.78 is 0. The maximum Gasteiger partial charge on any atom is 0.227 e. The molecule has 4 rings (SSSR count). The molecule has 1 amide bonds. The van der Waals surface area contributed by atoms with Crippen molar-refractivity contribution in [2.24, 2.45) is 5.92 Å². The number of para-hydroxylation sites is 1. The number of amides is 1. The third-order valence-corrected chi connectivity index (χ3v) is 7.29. The van der Waals surface area contributed by atoms with Crippen LogP contribution in [0.1, 0.15) is 100 Å². The molecule has 1 aliphatic heterocycles. The molecule has 1 fully saturated rings. The number of hydrogen-bond acceptors (Lipinski definition) is 1. The average Bonchev–Trinajstić information content (AvgIpc) is 2.83. The van der Waals surface area contributed by atoms with E-state index in [9.17, 15) is 4.79 Å². The molecule has 2 nitrogen and oxygen atoms in total. The van der Waals surface area contributed by atoms with Gasteiger partial charge < -0.3 is 4.90 Å². The van der Waals surface area contributed by atoms with Gasteiger partial charge in [0.15, 0.2) is 0 Å². The van der Waals surface area contributed by atoms with Gasteiger partial charge in [0.25, 0.3) is 0 Å². The third kappa shape index (κ3) is 6.34. The highest BCUT2D eigenvalue weighted by Gasteiger charge is 2.23. The van der Waals surface area contributed by atoms with Crippen LogP contribution in [-0.2, 0) is 11.3 Å². The summed E-state index contributed by atoms with van der Waals surface area (Å²) >= 11 is 0. The summed E-state index contributed by atoms with van der Waals surface area (Å²) in [6.45, 7) is 0.656. The van der Waals surface area contributed by atoms with Gasteiger partial charge in [-0.2, -0.15) is 0 Å². The lowest BCUT2D eigenvalue weighted by Crippen LogP contribution is -2.33. The maximum atomic E-state index is 13.7. The van der Waals surface area contributed by atoms with Crippen LogP contribution in [0.3, 0.4) is 0 Å². The molecule has 0 bridgehead atoms. The lowest BCUT2D eigenvalue weighted by atomic mass is 9.91. The minimum absolute atomic E-state index is 0.289. The summed E-state index contributed by atoms with van der Waals surface area (Å²) in [6, 6.07) is 16.8. The smallest absolute Gasteiger partial charge is 0.227 e. The highest BCUT2D eigenvalue weighted by molar-refractivity contribution is 5.97. The molecule has 0 spiro atoms. The molecule has 0 aromatic heterocycles. The number of rotatable bonds is 2. The lowest BCUT2D eigenvalue weighted by Gasteiger charge is -2.29. The van der Waals surface area contributed by atoms with Gasteiger partial charge in [-0.1, -0.05) is 119 Å². The van der Waals surface area contributed by atoms with Crippen molar-refractivity contribution >= 4 is 23.7 Å². The van der Waals surface area contributed by atoms with E-state index in [-0.39, 0.29) is 5.91 Å². The number of anilines is 1. The van der Waals surface area contributed by atoms with Crippen molar-refractivity contribution in [2.45, 2.75) is 90.0 Å². The zero-order valence-electron chi connectivity index (χ0n) is 19.6. The Labute approximate surface area is 194 Å². The van der Waals surface area contributed by atoms with Crippen molar-refractivity contribution in [3.05, 3.63) is 65.2 Å². The maximum absolute atomic E-state index is 13.7. The van der Waals surface area contributed by atoms with Crippen LogP contribution in [0.4, 0.5) is 5.69 Å². The van der Waals surface area contributed by atoms with Crippen LogP contribution in [0, 0.1) is 5.92 Å². The Bertz CT molecular complexity index is 885. The van der Waals surface area contributed by atoms with Crippen molar-refractivity contribution in [1.82, 2.24) is 0 Å². The third-order valence-electron chi connectivity index (χ3n) is 7.29. The molecule has 0 N–H and O–H groups in total. The minimum atomic E-state index is 0.289. The molecule has 170 valence electrons. The fraction of sp³-hybridized carbons (Fsp3) is 0.500. The summed E-state index contributed by atoms with van der Waals surface area (Å²) in [5.74, 6) is 0.809. The molecule has 1 heterocycles. The predicted octanol–water partition coefficient (Wildman–Crippen LogP) is 8.40. The molecule has 1 saturated carbocycles. The second-order valence-electron chi connectivity index (χ2n) is 9.75. The first kappa shape index (κ1) is 22.8. The molecule has 32 heavy (non-hydrogen) atoms. The van der Waals surface area contributed by atoms with E-state index in [2.05, 4.69) is 65.6 Å². The van der Waals surface area contributed by atoms with Gasteiger partial charge in [0.1, 0.15) is 0 Å². The topological polar surface area (TPSA) is 20.3 Å². The van der Waals surface area contributed by atoms with Crippen molar-refractivity contribution in [1.29, 1.82) is 0 Å². The average molecular weight is 430 g/mol. The van der Waals surface area contributed by atoms with Crippen molar-refractivity contribution < 1.29 is 4.79 Å². The van der Waals surface area contributed by atoms with E-state index >= 15 is 0 Å². The van der Waals surface area contributed by atoms with Crippen LogP contribution < -0.4 is 4.90 Å². The first-order chi connectivity index (χ1) is 15.8. The van der Waals surface area contributed by atoms with E-state index in [1.54, 1.807) is 0 Å². The second kappa shape index (κ2) is 12.0. The molecular formula is C30H39NO. The van der Waals surface area contributed by atoms with Crippen molar-refractivity contribution in [3.63, 3.8) is 0 Å². The van der Waals surface area contributed by atoms with Gasteiger partial charge in [-0.05, 0) is 41.5 Å². The second-order valence-corrected chi connectivity index (χ2v) is 9.75. The van der Waals surface area contributed by atoms with Crippen molar-refractivity contribution in [3.8, 4) is 0 Å². The Kier molecular flexibility index (Phi) is 8.59. The van der Waals surface area contributed by atoms with E-state index < -0.39 is 0 Å². The van der Waals surface area contributed by atoms with Crippen LogP contribution in [-0.4, -0.2) is 5.91 Å². The number of carbonyl (C=O) groups excluding carboxylic acids is 1. The molecule has 2 heteroatoms. The number of fused-ring (bicyclic) bond motifs is 2. The molecule has 0 unspecified atom stereocenters. The Morgan fingerprint density at radius 3 is 1.91 bits per heavy atom. The van der Waals surface area contributed by atoms with Gasteiger partial charge in [0.05, 0.1) is 12.2 Å². The molecular weight excluding hydrogens is 390 g/mol. The molecule has 0 saturated heterocycles. The molecule has 2 aliphatic rings. The fourth-order valence-corrected chi connectivity index (χ4v) is 5.36. The van der Waals surface area contributed by atoms with Crippen LogP contribution in [0.15, 0.2) is 48.5 Å². The van der Waals surface area contributed by atoms with E-state index in [1.165, 1.54) is 88.2 Å². The summed E-state index contributed by atoms with van der Waals surface area (Å²) in [7, 11) is 0. The van der Waals surface area contributed by atoms with Gasteiger partial charge >= 0.3 is 0 Å². The summed E-state index contributed by atoms with van der Waals surface area (Å²) in [4.78, 5) is 15.8. The van der Waals surface area contributed by atoms with Gasteiger partial charge in [-0.25, -0.2) is 0 Å². The number of nitrogens with zero attached hydrogens (tertiary/aromatic N) is 1. The molecule has 1 aliphatic carbocycles. The first-order valence-corrected chi connectivity index (χ1v) is 13.0. The number of hydrogen-bond donors (Lipinski definition) is 0. The van der Waals surface area contributed by atoms with Crippen LogP contribution >= 0.6 is 0 Å². The molecule has 0 atom stereocenters. The molecule has 2 aromatic rings. The standard InChI is InChI=1S/C30H39NO/c32-30(23-25-15-9-7-5-3-1-2-4-6-8-10-16-25)31-24-28-19-12-11-17-26(28)21-22-27-18-13-14-20-29(27)31/h11-14,17-22,25H,1-10,15-16,23-24H2/b22-21-.